The van der Waals surface area contributed by atoms with Crippen LogP contribution in [0.15, 0.2) is 0 Å². The number of nitrogens with one attached hydrogen (secondary N) is 1. The monoisotopic (exact) mass is 230 g/mol. The Balaban J connectivity index is 4.24. The maximum absolute atomic E-state index is 11.9. The lowest BCUT2D eigenvalue weighted by atomic mass is 10.2. The Labute approximate surface area is 99.0 Å². The van der Waals surface area contributed by atoms with Gasteiger partial charge in [-0.05, 0) is 33.2 Å². The largest absolute Gasteiger partial charge is 0.395 e. The van der Waals surface area contributed by atoms with Gasteiger partial charge < -0.3 is 10.4 Å². The molecule has 2 unspecified atom stereocenters. The summed E-state index contributed by atoms with van der Waals surface area (Å²) in [5.41, 5.74) is 0. The van der Waals surface area contributed by atoms with E-state index in [1.165, 1.54) is 0 Å². The van der Waals surface area contributed by atoms with Crippen molar-refractivity contribution in [1.29, 1.82) is 0 Å². The predicted octanol–water partition coefficient (Wildman–Crippen LogP) is 0.994. The number of aliphatic hydroxyl groups excluding tert-OH is 1. The fourth-order valence-electron chi connectivity index (χ4n) is 1.55. The van der Waals surface area contributed by atoms with Crippen molar-refractivity contribution in [3.8, 4) is 0 Å². The third-order valence-corrected chi connectivity index (χ3v) is 2.83. The van der Waals surface area contributed by atoms with Gasteiger partial charge in [0.15, 0.2) is 0 Å². The van der Waals surface area contributed by atoms with E-state index in [1.54, 1.807) is 0 Å². The van der Waals surface area contributed by atoms with Gasteiger partial charge in [-0.15, -0.1) is 0 Å². The summed E-state index contributed by atoms with van der Waals surface area (Å²) in [7, 11) is 0. The molecule has 0 aromatic carbocycles. The Bertz CT molecular complexity index is 191. The standard InChI is InChI=1S/C12H26N2O2/c1-5-7-14(8-9-15)11(4)12(16)13-10(3)6-2/h10-11,15H,5-9H2,1-4H3,(H,13,16). The lowest BCUT2D eigenvalue weighted by Crippen LogP contribution is -2.48. The van der Waals surface area contributed by atoms with Gasteiger partial charge in [-0.3, -0.25) is 9.69 Å². The van der Waals surface area contributed by atoms with Crippen LogP contribution in [0, 0.1) is 0 Å². The van der Waals surface area contributed by atoms with Gasteiger partial charge in [0.05, 0.1) is 12.6 Å². The number of aliphatic hydroxyl groups is 1. The summed E-state index contributed by atoms with van der Waals surface area (Å²) in [5.74, 6) is 0.0521. The van der Waals surface area contributed by atoms with Crippen LogP contribution in [0.2, 0.25) is 0 Å². The molecule has 0 saturated carbocycles. The minimum Gasteiger partial charge on any atom is -0.395 e. The Morgan fingerprint density at radius 3 is 2.38 bits per heavy atom. The van der Waals surface area contributed by atoms with Crippen molar-refractivity contribution in [1.82, 2.24) is 10.2 Å². The van der Waals surface area contributed by atoms with Crippen LogP contribution in [0.1, 0.15) is 40.5 Å². The van der Waals surface area contributed by atoms with E-state index in [4.69, 9.17) is 5.11 Å². The molecule has 0 fully saturated rings. The lowest BCUT2D eigenvalue weighted by molar-refractivity contribution is -0.126. The number of carbonyl (C=O) groups is 1. The fourth-order valence-corrected chi connectivity index (χ4v) is 1.55. The SMILES string of the molecule is CCCN(CCO)C(C)C(=O)NC(C)CC. The molecule has 16 heavy (non-hydrogen) atoms. The van der Waals surface area contributed by atoms with Crippen molar-refractivity contribution < 1.29 is 9.90 Å². The first-order valence-corrected chi connectivity index (χ1v) is 6.22. The van der Waals surface area contributed by atoms with Gasteiger partial charge in [0.1, 0.15) is 0 Å². The zero-order valence-corrected chi connectivity index (χ0v) is 11.0. The molecule has 0 aromatic heterocycles. The van der Waals surface area contributed by atoms with E-state index in [0.29, 0.717) is 6.54 Å². The maximum Gasteiger partial charge on any atom is 0.237 e. The predicted molar refractivity (Wildman–Crippen MR) is 66.3 cm³/mol. The minimum absolute atomic E-state index is 0.0521. The molecule has 0 saturated heterocycles. The minimum atomic E-state index is -0.166. The molecule has 4 nitrogen and oxygen atoms in total. The van der Waals surface area contributed by atoms with Gasteiger partial charge >= 0.3 is 0 Å². The van der Waals surface area contributed by atoms with Crippen molar-refractivity contribution in [3.63, 3.8) is 0 Å². The Hall–Kier alpha value is -0.610. The average molecular weight is 230 g/mol. The summed E-state index contributed by atoms with van der Waals surface area (Å²) in [5, 5.41) is 11.9. The molecule has 0 rings (SSSR count). The van der Waals surface area contributed by atoms with Gasteiger partial charge in [0, 0.05) is 12.6 Å². The van der Waals surface area contributed by atoms with Gasteiger partial charge in [-0.25, -0.2) is 0 Å². The molecule has 96 valence electrons. The molecular formula is C12H26N2O2. The Morgan fingerprint density at radius 2 is 1.94 bits per heavy atom. The summed E-state index contributed by atoms with van der Waals surface area (Å²) < 4.78 is 0. The molecule has 1 amide bonds. The second-order valence-electron chi connectivity index (χ2n) is 4.25. The first-order valence-electron chi connectivity index (χ1n) is 6.22. The van der Waals surface area contributed by atoms with Crippen LogP contribution >= 0.6 is 0 Å². The number of hydrogen-bond acceptors (Lipinski definition) is 3. The van der Waals surface area contributed by atoms with Crippen LogP contribution in [-0.4, -0.2) is 47.7 Å². The van der Waals surface area contributed by atoms with E-state index in [2.05, 4.69) is 12.2 Å². The van der Waals surface area contributed by atoms with Crippen molar-refractivity contribution >= 4 is 5.91 Å². The first kappa shape index (κ1) is 15.4. The number of carbonyl (C=O) groups excluding carboxylic acids is 1. The number of hydrogen-bond donors (Lipinski definition) is 2. The van der Waals surface area contributed by atoms with Crippen LogP contribution in [0.3, 0.4) is 0 Å². The van der Waals surface area contributed by atoms with Crippen LogP contribution in [-0.2, 0) is 4.79 Å². The zero-order chi connectivity index (χ0) is 12.6. The highest BCUT2D eigenvalue weighted by Gasteiger charge is 2.20. The van der Waals surface area contributed by atoms with E-state index in [-0.39, 0.29) is 24.6 Å². The smallest absolute Gasteiger partial charge is 0.237 e. The van der Waals surface area contributed by atoms with E-state index >= 15 is 0 Å². The summed E-state index contributed by atoms with van der Waals surface area (Å²) in [6.45, 7) is 9.51. The molecule has 0 aliphatic carbocycles. The molecule has 0 aliphatic rings. The van der Waals surface area contributed by atoms with Crippen LogP contribution < -0.4 is 5.32 Å². The fraction of sp³-hybridized carbons (Fsp3) is 0.917. The van der Waals surface area contributed by atoms with Gasteiger partial charge in [-0.1, -0.05) is 13.8 Å². The quantitative estimate of drug-likeness (QED) is 0.654. The summed E-state index contributed by atoms with van der Waals surface area (Å²) in [4.78, 5) is 13.9. The maximum atomic E-state index is 11.9. The summed E-state index contributed by atoms with van der Waals surface area (Å²) >= 11 is 0. The molecule has 0 radical (unpaired) electrons. The zero-order valence-electron chi connectivity index (χ0n) is 11.0. The molecule has 0 aliphatic heterocycles. The molecule has 0 spiro atoms. The summed E-state index contributed by atoms with van der Waals surface area (Å²) in [6.07, 6.45) is 1.92. The molecule has 0 heterocycles. The Kier molecular flexibility index (Phi) is 8.21. The van der Waals surface area contributed by atoms with Crippen molar-refractivity contribution in [2.45, 2.75) is 52.6 Å². The molecule has 2 atom stereocenters. The molecular weight excluding hydrogens is 204 g/mol. The van der Waals surface area contributed by atoms with Crippen LogP contribution in [0.25, 0.3) is 0 Å². The average Bonchev–Trinajstić information content (AvgIpc) is 2.27. The normalized spacial score (nSPS) is 14.9. The second kappa shape index (κ2) is 8.53. The molecule has 0 bridgehead atoms. The second-order valence-corrected chi connectivity index (χ2v) is 4.25. The number of rotatable bonds is 8. The van der Waals surface area contributed by atoms with Crippen molar-refractivity contribution in [2.24, 2.45) is 0 Å². The number of nitrogens with zero attached hydrogens (tertiary/aromatic N) is 1. The molecule has 0 aromatic rings. The van der Waals surface area contributed by atoms with Crippen LogP contribution in [0.5, 0.6) is 0 Å². The first-order chi connectivity index (χ1) is 7.56. The van der Waals surface area contributed by atoms with Crippen molar-refractivity contribution in [3.05, 3.63) is 0 Å². The van der Waals surface area contributed by atoms with Crippen LogP contribution in [0.4, 0.5) is 0 Å². The highest BCUT2D eigenvalue weighted by Crippen LogP contribution is 2.01. The number of amides is 1. The lowest BCUT2D eigenvalue weighted by Gasteiger charge is -2.28. The van der Waals surface area contributed by atoms with Gasteiger partial charge in [-0.2, -0.15) is 0 Å². The van der Waals surface area contributed by atoms with Crippen molar-refractivity contribution in [2.75, 3.05) is 19.7 Å². The van der Waals surface area contributed by atoms with Gasteiger partial charge in [0.2, 0.25) is 5.91 Å². The topological polar surface area (TPSA) is 52.6 Å². The van der Waals surface area contributed by atoms with Gasteiger partial charge in [0.25, 0.3) is 0 Å². The van der Waals surface area contributed by atoms with E-state index < -0.39 is 0 Å². The third kappa shape index (κ3) is 5.47. The molecule has 4 heteroatoms. The highest BCUT2D eigenvalue weighted by molar-refractivity contribution is 5.81. The Morgan fingerprint density at radius 1 is 1.31 bits per heavy atom. The highest BCUT2D eigenvalue weighted by atomic mass is 16.3. The summed E-state index contributed by atoms with van der Waals surface area (Å²) in [6, 6.07) is 0.0497. The molecule has 2 N–H and O–H groups in total. The van der Waals surface area contributed by atoms with E-state index in [1.807, 2.05) is 25.7 Å². The van der Waals surface area contributed by atoms with E-state index in [0.717, 1.165) is 19.4 Å². The third-order valence-electron chi connectivity index (χ3n) is 2.83. The van der Waals surface area contributed by atoms with E-state index in [9.17, 15) is 4.79 Å².